The van der Waals surface area contributed by atoms with Crippen molar-refractivity contribution in [2.75, 3.05) is 6.54 Å². The fraction of sp³-hybridized carbons (Fsp3) is 0.111. The Hall–Kier alpha value is -1.29. The van der Waals surface area contributed by atoms with Gasteiger partial charge in [0.05, 0.1) is 0 Å². The first-order valence-electron chi connectivity index (χ1n) is 6.87. The van der Waals surface area contributed by atoms with Crippen LogP contribution in [-0.2, 0) is 0 Å². The zero-order valence-corrected chi connectivity index (χ0v) is 13.9. The molecule has 1 unspecified atom stereocenters. The Bertz CT molecular complexity index is 740. The van der Waals surface area contributed by atoms with Gasteiger partial charge >= 0.3 is 0 Å². The molecule has 3 aromatic carbocycles. The van der Waals surface area contributed by atoms with Gasteiger partial charge in [0.2, 0.25) is 0 Å². The number of rotatable bonds is 4. The minimum atomic E-state index is 0.277. The third-order valence-corrected chi connectivity index (χ3v) is 5.26. The van der Waals surface area contributed by atoms with Crippen LogP contribution in [0.15, 0.2) is 76.1 Å². The number of halogens is 1. The lowest BCUT2D eigenvalue weighted by Crippen LogP contribution is -2.09. The maximum atomic E-state index is 5.97. The first kappa shape index (κ1) is 14.6. The highest BCUT2D eigenvalue weighted by Crippen LogP contribution is 2.36. The third-order valence-electron chi connectivity index (χ3n) is 3.46. The van der Waals surface area contributed by atoms with Gasteiger partial charge in [0.1, 0.15) is 0 Å². The molecule has 3 aromatic rings. The van der Waals surface area contributed by atoms with Crippen molar-refractivity contribution in [1.29, 1.82) is 0 Å². The summed E-state index contributed by atoms with van der Waals surface area (Å²) in [7, 11) is 0. The highest BCUT2D eigenvalue weighted by atomic mass is 79.9. The Labute approximate surface area is 137 Å². The van der Waals surface area contributed by atoms with Crippen molar-refractivity contribution in [3.63, 3.8) is 0 Å². The van der Waals surface area contributed by atoms with Crippen molar-refractivity contribution < 1.29 is 0 Å². The first-order chi connectivity index (χ1) is 10.3. The lowest BCUT2D eigenvalue weighted by molar-refractivity contribution is 0.941. The molecule has 3 heteroatoms. The maximum Gasteiger partial charge on any atom is 0.0466 e. The molecule has 0 radical (unpaired) electrons. The van der Waals surface area contributed by atoms with E-state index in [-0.39, 0.29) is 5.25 Å². The van der Waals surface area contributed by atoms with Crippen molar-refractivity contribution in [3.05, 3.63) is 76.8 Å². The lowest BCUT2D eigenvalue weighted by atomic mass is 10.1. The second-order valence-electron chi connectivity index (χ2n) is 4.90. The molecule has 0 bridgehead atoms. The summed E-state index contributed by atoms with van der Waals surface area (Å²) in [6.45, 7) is 0.624. The molecular weight excluding hydrogens is 342 g/mol. The van der Waals surface area contributed by atoms with E-state index in [1.807, 2.05) is 11.8 Å². The predicted octanol–water partition coefficient (Wildman–Crippen LogP) is 5.39. The normalized spacial score (nSPS) is 12.5. The van der Waals surface area contributed by atoms with Crippen molar-refractivity contribution in [2.24, 2.45) is 5.73 Å². The standard InChI is InChI=1S/C18H16BrNS/c19-16-8-5-14(6-9-16)18(12-20)21-17-10-7-13-3-1-2-4-15(13)11-17/h1-11,18H,12,20H2. The molecule has 1 nitrogen and oxygen atoms in total. The number of thioether (sulfide) groups is 1. The largest absolute Gasteiger partial charge is 0.329 e. The molecule has 1 atom stereocenters. The Morgan fingerprint density at radius 2 is 1.62 bits per heavy atom. The van der Waals surface area contributed by atoms with Gasteiger partial charge in [-0.25, -0.2) is 0 Å². The number of nitrogens with two attached hydrogens (primary N) is 1. The van der Waals surface area contributed by atoms with Crippen LogP contribution in [0, 0.1) is 0 Å². The summed E-state index contributed by atoms with van der Waals surface area (Å²) in [6, 6.07) is 23.4. The summed E-state index contributed by atoms with van der Waals surface area (Å²) in [6.07, 6.45) is 0. The van der Waals surface area contributed by atoms with E-state index in [1.54, 1.807) is 0 Å². The van der Waals surface area contributed by atoms with Crippen molar-refractivity contribution in [1.82, 2.24) is 0 Å². The minimum absolute atomic E-state index is 0.277. The van der Waals surface area contributed by atoms with Crippen LogP contribution < -0.4 is 5.73 Å². The number of hydrogen-bond acceptors (Lipinski definition) is 2. The van der Waals surface area contributed by atoms with Crippen LogP contribution in [0.4, 0.5) is 0 Å². The summed E-state index contributed by atoms with van der Waals surface area (Å²) in [5, 5.41) is 2.82. The molecule has 0 heterocycles. The SMILES string of the molecule is NCC(Sc1ccc2ccccc2c1)c1ccc(Br)cc1. The zero-order chi connectivity index (χ0) is 14.7. The van der Waals surface area contributed by atoms with Gasteiger partial charge in [-0.05, 0) is 40.6 Å². The topological polar surface area (TPSA) is 26.0 Å². The third kappa shape index (κ3) is 3.49. The van der Waals surface area contributed by atoms with Crippen LogP contribution >= 0.6 is 27.7 Å². The molecule has 0 fully saturated rings. The quantitative estimate of drug-likeness (QED) is 0.633. The van der Waals surface area contributed by atoms with E-state index < -0.39 is 0 Å². The molecule has 0 aliphatic heterocycles. The summed E-state index contributed by atoms with van der Waals surface area (Å²) in [5.74, 6) is 0. The molecule has 21 heavy (non-hydrogen) atoms. The Balaban J connectivity index is 1.86. The minimum Gasteiger partial charge on any atom is -0.329 e. The van der Waals surface area contributed by atoms with E-state index >= 15 is 0 Å². The number of hydrogen-bond donors (Lipinski definition) is 1. The molecule has 106 valence electrons. The van der Waals surface area contributed by atoms with Gasteiger partial charge in [0, 0.05) is 21.2 Å². The fourth-order valence-corrected chi connectivity index (χ4v) is 3.66. The molecule has 0 aliphatic rings. The molecule has 0 saturated heterocycles. The zero-order valence-electron chi connectivity index (χ0n) is 11.5. The summed E-state index contributed by atoms with van der Waals surface area (Å²) < 4.78 is 1.10. The molecule has 0 saturated carbocycles. The Morgan fingerprint density at radius 3 is 2.33 bits per heavy atom. The fourth-order valence-electron chi connectivity index (χ4n) is 2.33. The summed E-state index contributed by atoms with van der Waals surface area (Å²) in [5.41, 5.74) is 7.23. The van der Waals surface area contributed by atoms with Crippen LogP contribution in [0.2, 0.25) is 0 Å². The average Bonchev–Trinajstić information content (AvgIpc) is 2.53. The van der Waals surface area contributed by atoms with Crippen LogP contribution in [0.1, 0.15) is 10.8 Å². The molecule has 2 N–H and O–H groups in total. The average molecular weight is 358 g/mol. The Morgan fingerprint density at radius 1 is 0.905 bits per heavy atom. The van der Waals surface area contributed by atoms with Crippen molar-refractivity contribution in [2.45, 2.75) is 10.1 Å². The van der Waals surface area contributed by atoms with Crippen LogP contribution in [0.25, 0.3) is 10.8 Å². The first-order valence-corrected chi connectivity index (χ1v) is 8.54. The van der Waals surface area contributed by atoms with E-state index in [4.69, 9.17) is 5.73 Å². The van der Waals surface area contributed by atoms with E-state index in [2.05, 4.69) is 82.7 Å². The molecule has 0 amide bonds. The maximum absolute atomic E-state index is 5.97. The van der Waals surface area contributed by atoms with Gasteiger partial charge in [0.15, 0.2) is 0 Å². The number of benzene rings is 3. The van der Waals surface area contributed by atoms with Crippen LogP contribution in [0.5, 0.6) is 0 Å². The predicted molar refractivity (Wildman–Crippen MR) is 95.7 cm³/mol. The van der Waals surface area contributed by atoms with Gasteiger partial charge in [-0.2, -0.15) is 0 Å². The molecule has 0 spiro atoms. The van der Waals surface area contributed by atoms with Crippen LogP contribution in [0.3, 0.4) is 0 Å². The van der Waals surface area contributed by atoms with Gasteiger partial charge in [0.25, 0.3) is 0 Å². The van der Waals surface area contributed by atoms with Crippen molar-refractivity contribution >= 4 is 38.5 Å². The summed E-state index contributed by atoms with van der Waals surface area (Å²) in [4.78, 5) is 1.26. The van der Waals surface area contributed by atoms with Gasteiger partial charge in [-0.3, -0.25) is 0 Å². The molecule has 3 rings (SSSR count). The smallest absolute Gasteiger partial charge is 0.0466 e. The molecular formula is C18H16BrNS. The monoisotopic (exact) mass is 357 g/mol. The van der Waals surface area contributed by atoms with E-state index in [0.717, 1.165) is 4.47 Å². The second-order valence-corrected chi connectivity index (χ2v) is 7.09. The van der Waals surface area contributed by atoms with Gasteiger partial charge < -0.3 is 5.73 Å². The molecule has 0 aromatic heterocycles. The molecule has 0 aliphatic carbocycles. The number of fused-ring (bicyclic) bond motifs is 1. The second kappa shape index (κ2) is 6.65. The lowest BCUT2D eigenvalue weighted by Gasteiger charge is -2.15. The summed E-state index contributed by atoms with van der Waals surface area (Å²) >= 11 is 5.29. The van der Waals surface area contributed by atoms with E-state index in [9.17, 15) is 0 Å². The van der Waals surface area contributed by atoms with Crippen LogP contribution in [-0.4, -0.2) is 6.54 Å². The van der Waals surface area contributed by atoms with E-state index in [0.29, 0.717) is 6.54 Å². The van der Waals surface area contributed by atoms with Gasteiger partial charge in [-0.15, -0.1) is 11.8 Å². The highest BCUT2D eigenvalue weighted by molar-refractivity contribution is 9.10. The van der Waals surface area contributed by atoms with E-state index in [1.165, 1.54) is 21.2 Å². The van der Waals surface area contributed by atoms with Crippen molar-refractivity contribution in [3.8, 4) is 0 Å². The Kier molecular flexibility index (Phi) is 4.63. The van der Waals surface area contributed by atoms with Gasteiger partial charge in [-0.1, -0.05) is 58.4 Å². The highest BCUT2D eigenvalue weighted by Gasteiger charge is 2.11.